The van der Waals surface area contributed by atoms with E-state index in [0.29, 0.717) is 15.5 Å². The van der Waals surface area contributed by atoms with Crippen LogP contribution in [0.3, 0.4) is 0 Å². The monoisotopic (exact) mass is 292 g/mol. The molecule has 19 heavy (non-hydrogen) atoms. The SMILES string of the molecule is COc1ccsc1C(=O)c1cc2ccc(F)cc2s1. The highest BCUT2D eigenvalue weighted by Crippen LogP contribution is 2.32. The summed E-state index contributed by atoms with van der Waals surface area (Å²) in [5, 5.41) is 2.70. The van der Waals surface area contributed by atoms with Crippen LogP contribution in [-0.4, -0.2) is 12.9 Å². The van der Waals surface area contributed by atoms with Gasteiger partial charge in [0.25, 0.3) is 0 Å². The fourth-order valence-corrected chi connectivity index (χ4v) is 3.76. The molecule has 0 aliphatic carbocycles. The number of halogens is 1. The lowest BCUT2D eigenvalue weighted by molar-refractivity contribution is 0.104. The molecule has 0 saturated carbocycles. The Labute approximate surface area is 117 Å². The molecule has 0 fully saturated rings. The van der Waals surface area contributed by atoms with Gasteiger partial charge in [0.1, 0.15) is 16.4 Å². The van der Waals surface area contributed by atoms with E-state index in [4.69, 9.17) is 4.74 Å². The van der Waals surface area contributed by atoms with E-state index in [0.717, 1.165) is 10.1 Å². The van der Waals surface area contributed by atoms with Crippen LogP contribution in [0.2, 0.25) is 0 Å². The molecular weight excluding hydrogens is 283 g/mol. The zero-order chi connectivity index (χ0) is 13.4. The van der Waals surface area contributed by atoms with Crippen molar-refractivity contribution in [2.45, 2.75) is 0 Å². The number of methoxy groups -OCH3 is 1. The van der Waals surface area contributed by atoms with Crippen molar-refractivity contribution < 1.29 is 13.9 Å². The highest BCUT2D eigenvalue weighted by molar-refractivity contribution is 7.22. The zero-order valence-corrected chi connectivity index (χ0v) is 11.6. The summed E-state index contributed by atoms with van der Waals surface area (Å²) in [4.78, 5) is 13.6. The van der Waals surface area contributed by atoms with Crippen LogP contribution in [0.25, 0.3) is 10.1 Å². The molecule has 3 rings (SSSR count). The summed E-state index contributed by atoms with van der Waals surface area (Å²) in [6, 6.07) is 8.09. The van der Waals surface area contributed by atoms with Crippen LogP contribution in [0.15, 0.2) is 35.7 Å². The average Bonchev–Trinajstić information content (AvgIpc) is 3.03. The van der Waals surface area contributed by atoms with Gasteiger partial charge in [-0.05, 0) is 35.0 Å². The van der Waals surface area contributed by atoms with Crippen molar-refractivity contribution in [1.29, 1.82) is 0 Å². The van der Waals surface area contributed by atoms with Gasteiger partial charge in [0, 0.05) is 4.70 Å². The predicted octanol–water partition coefficient (Wildman–Crippen LogP) is 4.34. The quantitative estimate of drug-likeness (QED) is 0.671. The van der Waals surface area contributed by atoms with Gasteiger partial charge in [-0.15, -0.1) is 22.7 Å². The lowest BCUT2D eigenvalue weighted by Gasteiger charge is -1.98. The fourth-order valence-electron chi connectivity index (χ4n) is 1.85. The maximum absolute atomic E-state index is 13.1. The van der Waals surface area contributed by atoms with Crippen LogP contribution in [0.5, 0.6) is 5.75 Å². The summed E-state index contributed by atoms with van der Waals surface area (Å²) in [6.45, 7) is 0. The lowest BCUT2D eigenvalue weighted by Crippen LogP contribution is -1.97. The number of benzene rings is 1. The summed E-state index contributed by atoms with van der Waals surface area (Å²) in [5.41, 5.74) is 0. The molecule has 0 saturated heterocycles. The second kappa shape index (κ2) is 4.75. The second-order valence-corrected chi connectivity index (χ2v) is 5.94. The van der Waals surface area contributed by atoms with Gasteiger partial charge in [-0.1, -0.05) is 6.07 Å². The van der Waals surface area contributed by atoms with Crippen molar-refractivity contribution in [3.63, 3.8) is 0 Å². The van der Waals surface area contributed by atoms with Crippen LogP contribution in [0.1, 0.15) is 14.5 Å². The van der Waals surface area contributed by atoms with Crippen molar-refractivity contribution in [2.24, 2.45) is 0 Å². The summed E-state index contributed by atoms with van der Waals surface area (Å²) < 4.78 is 19.1. The third-order valence-corrected chi connectivity index (χ3v) is 4.75. The number of hydrogen-bond donors (Lipinski definition) is 0. The van der Waals surface area contributed by atoms with Gasteiger partial charge in [-0.25, -0.2) is 4.39 Å². The van der Waals surface area contributed by atoms with E-state index >= 15 is 0 Å². The molecule has 0 unspecified atom stereocenters. The Morgan fingerprint density at radius 3 is 2.89 bits per heavy atom. The van der Waals surface area contributed by atoms with Crippen LogP contribution in [0, 0.1) is 5.82 Å². The minimum atomic E-state index is -0.290. The van der Waals surface area contributed by atoms with Crippen molar-refractivity contribution >= 4 is 38.5 Å². The van der Waals surface area contributed by atoms with Gasteiger partial charge >= 0.3 is 0 Å². The van der Waals surface area contributed by atoms with Gasteiger partial charge in [0.05, 0.1) is 12.0 Å². The third kappa shape index (κ3) is 2.15. The number of carbonyl (C=O) groups is 1. The van der Waals surface area contributed by atoms with Crippen LogP contribution >= 0.6 is 22.7 Å². The van der Waals surface area contributed by atoms with Crippen molar-refractivity contribution in [3.05, 3.63) is 51.3 Å². The Balaban J connectivity index is 2.07. The van der Waals surface area contributed by atoms with Crippen molar-refractivity contribution in [1.82, 2.24) is 0 Å². The van der Waals surface area contributed by atoms with Gasteiger partial charge in [-0.2, -0.15) is 0 Å². The Morgan fingerprint density at radius 1 is 1.26 bits per heavy atom. The number of rotatable bonds is 3. The van der Waals surface area contributed by atoms with E-state index in [1.165, 1.54) is 34.8 Å². The average molecular weight is 292 g/mol. The van der Waals surface area contributed by atoms with E-state index in [9.17, 15) is 9.18 Å². The molecule has 0 atom stereocenters. The van der Waals surface area contributed by atoms with E-state index < -0.39 is 0 Å². The van der Waals surface area contributed by atoms with Crippen molar-refractivity contribution in [3.8, 4) is 5.75 Å². The second-order valence-electron chi connectivity index (χ2n) is 3.94. The Bertz CT molecular complexity index is 758. The predicted molar refractivity (Wildman–Crippen MR) is 76.1 cm³/mol. The first kappa shape index (κ1) is 12.3. The fraction of sp³-hybridized carbons (Fsp3) is 0.0714. The van der Waals surface area contributed by atoms with E-state index in [2.05, 4.69) is 0 Å². The summed E-state index contributed by atoms with van der Waals surface area (Å²) in [5.74, 6) is 0.217. The molecule has 3 aromatic rings. The first-order valence-electron chi connectivity index (χ1n) is 5.54. The van der Waals surface area contributed by atoms with Crippen LogP contribution < -0.4 is 4.74 Å². The maximum atomic E-state index is 13.1. The Hall–Kier alpha value is -1.72. The number of ketones is 1. The normalized spacial score (nSPS) is 10.8. The highest BCUT2D eigenvalue weighted by atomic mass is 32.1. The maximum Gasteiger partial charge on any atom is 0.216 e. The van der Waals surface area contributed by atoms with Gasteiger partial charge in [0.15, 0.2) is 0 Å². The molecule has 96 valence electrons. The van der Waals surface area contributed by atoms with Crippen LogP contribution in [0.4, 0.5) is 4.39 Å². The number of ether oxygens (including phenoxy) is 1. The minimum absolute atomic E-state index is 0.0755. The van der Waals surface area contributed by atoms with Gasteiger partial charge in [-0.3, -0.25) is 4.79 Å². The molecule has 0 aliphatic heterocycles. The molecule has 0 radical (unpaired) electrons. The Morgan fingerprint density at radius 2 is 2.11 bits per heavy atom. The molecule has 2 nitrogen and oxygen atoms in total. The van der Waals surface area contributed by atoms with E-state index in [1.54, 1.807) is 25.3 Å². The first-order chi connectivity index (χ1) is 9.19. The topological polar surface area (TPSA) is 26.3 Å². The van der Waals surface area contributed by atoms with E-state index in [-0.39, 0.29) is 11.6 Å². The summed E-state index contributed by atoms with van der Waals surface area (Å²) in [6.07, 6.45) is 0. The number of hydrogen-bond acceptors (Lipinski definition) is 4. The molecule has 0 N–H and O–H groups in total. The number of thiophene rings is 2. The molecule has 0 aliphatic rings. The number of carbonyl (C=O) groups excluding carboxylic acids is 1. The molecule has 0 spiro atoms. The van der Waals surface area contributed by atoms with Gasteiger partial charge < -0.3 is 4.74 Å². The molecular formula is C14H9FO2S2. The van der Waals surface area contributed by atoms with Gasteiger partial charge in [0.2, 0.25) is 5.78 Å². The standard InChI is InChI=1S/C14H9FO2S2/c1-17-10-4-5-18-14(10)13(16)12-6-8-2-3-9(15)7-11(8)19-12/h2-7H,1H3. The lowest BCUT2D eigenvalue weighted by atomic mass is 10.2. The van der Waals surface area contributed by atoms with E-state index in [1.807, 2.05) is 5.38 Å². The van der Waals surface area contributed by atoms with Crippen molar-refractivity contribution in [2.75, 3.05) is 7.11 Å². The van der Waals surface area contributed by atoms with Crippen LogP contribution in [-0.2, 0) is 0 Å². The zero-order valence-electron chi connectivity index (χ0n) is 9.98. The smallest absolute Gasteiger partial charge is 0.216 e. The molecule has 5 heteroatoms. The number of fused-ring (bicyclic) bond motifs is 1. The summed E-state index contributed by atoms with van der Waals surface area (Å²) in [7, 11) is 1.54. The highest BCUT2D eigenvalue weighted by Gasteiger charge is 2.18. The first-order valence-corrected chi connectivity index (χ1v) is 7.24. The molecule has 2 heterocycles. The third-order valence-electron chi connectivity index (χ3n) is 2.76. The Kier molecular flexibility index (Phi) is 3.08. The molecule has 1 aromatic carbocycles. The molecule has 0 bridgehead atoms. The molecule has 0 amide bonds. The molecule has 2 aromatic heterocycles. The minimum Gasteiger partial charge on any atom is -0.495 e. The summed E-state index contributed by atoms with van der Waals surface area (Å²) >= 11 is 2.65. The largest absolute Gasteiger partial charge is 0.495 e.